The maximum atomic E-state index is 12.8. The highest BCUT2D eigenvalue weighted by atomic mass is 19.4. The van der Waals surface area contributed by atoms with Gasteiger partial charge in [-0.2, -0.15) is 13.2 Å². The number of carbonyl (C=O) groups excluding carboxylic acids is 2. The topological polar surface area (TPSA) is 84.2 Å². The van der Waals surface area contributed by atoms with Crippen molar-refractivity contribution in [1.82, 2.24) is 15.6 Å². The number of likely N-dealkylation sites (N-methyl/N-ethyl adjacent to an activating group) is 1. The molecule has 35 heavy (non-hydrogen) atoms. The number of halogens is 3. The number of rotatable bonds is 6. The van der Waals surface area contributed by atoms with Crippen LogP contribution in [0.15, 0.2) is 59.1 Å². The van der Waals surface area contributed by atoms with Gasteiger partial charge in [0.05, 0.1) is 5.56 Å². The monoisotopic (exact) mass is 485 g/mol. The van der Waals surface area contributed by atoms with Gasteiger partial charge in [-0.15, -0.1) is 0 Å². The largest absolute Gasteiger partial charge is 0.449 e. The molecule has 1 fully saturated rings. The fourth-order valence-electron chi connectivity index (χ4n) is 4.39. The Kier molecular flexibility index (Phi) is 7.23. The lowest BCUT2D eigenvalue weighted by Crippen LogP contribution is -2.50. The second kappa shape index (κ2) is 10.3. The summed E-state index contributed by atoms with van der Waals surface area (Å²) < 4.78 is 44.0. The standard InChI is InChI=1S/C26H26F3N3O3/c1-30-25(34)23(17-5-3-2-4-6-17)32-24(33)22-14-13-21(35-22)20-12-9-18(15-31-20)16-7-10-19(11-8-16)26(27,28)29/h7-15,17,23H,2-6H2,1H3,(H,30,34)(H,32,33)/t23-/m0/s1. The van der Waals surface area contributed by atoms with Gasteiger partial charge < -0.3 is 15.1 Å². The molecule has 2 amide bonds. The van der Waals surface area contributed by atoms with Crippen LogP contribution in [0.1, 0.15) is 48.2 Å². The molecule has 0 saturated heterocycles. The highest BCUT2D eigenvalue weighted by Gasteiger charge is 2.31. The van der Waals surface area contributed by atoms with Crippen molar-refractivity contribution in [2.75, 3.05) is 7.05 Å². The Balaban J connectivity index is 1.45. The van der Waals surface area contributed by atoms with E-state index in [0.29, 0.717) is 22.6 Å². The molecule has 3 aromatic rings. The average Bonchev–Trinajstić information content (AvgIpc) is 3.37. The van der Waals surface area contributed by atoms with E-state index >= 15 is 0 Å². The predicted molar refractivity (Wildman–Crippen MR) is 124 cm³/mol. The van der Waals surface area contributed by atoms with Gasteiger partial charge in [-0.25, -0.2) is 0 Å². The summed E-state index contributed by atoms with van der Waals surface area (Å²) in [7, 11) is 1.55. The van der Waals surface area contributed by atoms with E-state index in [1.807, 2.05) is 0 Å². The van der Waals surface area contributed by atoms with Crippen molar-refractivity contribution in [3.63, 3.8) is 0 Å². The number of aromatic nitrogens is 1. The van der Waals surface area contributed by atoms with Crippen molar-refractivity contribution in [3.8, 4) is 22.6 Å². The molecule has 1 aliphatic carbocycles. The summed E-state index contributed by atoms with van der Waals surface area (Å²) in [5.41, 5.74) is 0.997. The molecule has 6 nitrogen and oxygen atoms in total. The van der Waals surface area contributed by atoms with Gasteiger partial charge >= 0.3 is 6.18 Å². The van der Waals surface area contributed by atoms with Crippen molar-refractivity contribution >= 4 is 11.8 Å². The third kappa shape index (κ3) is 5.72. The second-order valence-corrected chi connectivity index (χ2v) is 8.63. The first kappa shape index (κ1) is 24.5. The van der Waals surface area contributed by atoms with Crippen LogP contribution in [0.3, 0.4) is 0 Å². The normalized spacial score (nSPS) is 15.4. The Hall–Kier alpha value is -3.62. The molecular formula is C26H26F3N3O3. The lowest BCUT2D eigenvalue weighted by Gasteiger charge is -2.29. The van der Waals surface area contributed by atoms with Gasteiger partial charge in [0.25, 0.3) is 5.91 Å². The van der Waals surface area contributed by atoms with Crippen molar-refractivity contribution in [3.05, 3.63) is 66.1 Å². The fraction of sp³-hybridized carbons (Fsp3) is 0.346. The van der Waals surface area contributed by atoms with Gasteiger partial charge in [0.2, 0.25) is 5.91 Å². The molecule has 2 N–H and O–H groups in total. The number of nitrogens with one attached hydrogen (secondary N) is 2. The molecule has 0 aliphatic heterocycles. The number of alkyl halides is 3. The highest BCUT2D eigenvalue weighted by Crippen LogP contribution is 2.31. The number of pyridine rings is 1. The molecule has 184 valence electrons. The summed E-state index contributed by atoms with van der Waals surface area (Å²) in [6.45, 7) is 0. The minimum Gasteiger partial charge on any atom is -0.449 e. The number of nitrogens with zero attached hydrogens (tertiary/aromatic N) is 1. The summed E-state index contributed by atoms with van der Waals surface area (Å²) >= 11 is 0. The molecule has 4 rings (SSSR count). The van der Waals surface area contributed by atoms with Crippen molar-refractivity contribution in [2.24, 2.45) is 5.92 Å². The molecular weight excluding hydrogens is 459 g/mol. The van der Waals surface area contributed by atoms with E-state index in [0.717, 1.165) is 44.2 Å². The smallest absolute Gasteiger partial charge is 0.416 e. The molecule has 1 atom stereocenters. The molecule has 9 heteroatoms. The number of carbonyl (C=O) groups is 2. The van der Waals surface area contributed by atoms with Crippen molar-refractivity contribution < 1.29 is 27.2 Å². The van der Waals surface area contributed by atoms with E-state index in [1.54, 1.807) is 25.2 Å². The van der Waals surface area contributed by atoms with E-state index in [2.05, 4.69) is 15.6 Å². The van der Waals surface area contributed by atoms with Crippen LogP contribution in [0.2, 0.25) is 0 Å². The minimum absolute atomic E-state index is 0.0679. The highest BCUT2D eigenvalue weighted by molar-refractivity contribution is 5.96. The predicted octanol–water partition coefficient (Wildman–Crippen LogP) is 5.45. The van der Waals surface area contributed by atoms with Crippen LogP contribution in [0.25, 0.3) is 22.6 Å². The number of furan rings is 1. The quantitative estimate of drug-likeness (QED) is 0.486. The number of hydrogen-bond donors (Lipinski definition) is 2. The maximum absolute atomic E-state index is 12.8. The maximum Gasteiger partial charge on any atom is 0.416 e. The molecule has 2 aromatic heterocycles. The average molecular weight is 486 g/mol. The Bertz CT molecular complexity index is 1170. The zero-order chi connectivity index (χ0) is 25.0. The molecule has 0 unspecified atom stereocenters. The molecule has 0 radical (unpaired) electrons. The van der Waals surface area contributed by atoms with Gasteiger partial charge in [-0.3, -0.25) is 14.6 Å². The van der Waals surface area contributed by atoms with Gasteiger partial charge in [-0.05, 0) is 54.7 Å². The van der Waals surface area contributed by atoms with Crippen LogP contribution in [0.4, 0.5) is 13.2 Å². The molecule has 1 saturated carbocycles. The fourth-order valence-corrected chi connectivity index (χ4v) is 4.39. The summed E-state index contributed by atoms with van der Waals surface area (Å²) in [6.07, 6.45) is 2.12. The van der Waals surface area contributed by atoms with Crippen LogP contribution in [-0.4, -0.2) is 29.9 Å². The van der Waals surface area contributed by atoms with Crippen LogP contribution in [0, 0.1) is 5.92 Å². The lowest BCUT2D eigenvalue weighted by molar-refractivity contribution is -0.137. The van der Waals surface area contributed by atoms with E-state index in [9.17, 15) is 22.8 Å². The minimum atomic E-state index is -4.39. The molecule has 1 aliphatic rings. The summed E-state index contributed by atoms with van der Waals surface area (Å²) in [4.78, 5) is 29.5. The molecule has 0 bridgehead atoms. The first-order valence-corrected chi connectivity index (χ1v) is 11.5. The molecule has 2 heterocycles. The van der Waals surface area contributed by atoms with E-state index in [4.69, 9.17) is 4.42 Å². The lowest BCUT2D eigenvalue weighted by atomic mass is 9.83. The van der Waals surface area contributed by atoms with Crippen molar-refractivity contribution in [2.45, 2.75) is 44.3 Å². The van der Waals surface area contributed by atoms with Crippen LogP contribution >= 0.6 is 0 Å². The molecule has 0 spiro atoms. The van der Waals surface area contributed by atoms with Gasteiger partial charge in [0.15, 0.2) is 11.5 Å². The Morgan fingerprint density at radius 1 is 0.971 bits per heavy atom. The number of amides is 2. The van der Waals surface area contributed by atoms with Gasteiger partial charge in [-0.1, -0.05) is 37.5 Å². The third-order valence-electron chi connectivity index (χ3n) is 6.33. The van der Waals surface area contributed by atoms with Crippen LogP contribution in [-0.2, 0) is 11.0 Å². The second-order valence-electron chi connectivity index (χ2n) is 8.63. The summed E-state index contributed by atoms with van der Waals surface area (Å²) in [5, 5.41) is 5.45. The first-order chi connectivity index (χ1) is 16.8. The zero-order valence-corrected chi connectivity index (χ0v) is 19.2. The third-order valence-corrected chi connectivity index (χ3v) is 6.33. The van der Waals surface area contributed by atoms with Crippen LogP contribution in [0.5, 0.6) is 0 Å². The van der Waals surface area contributed by atoms with Gasteiger partial charge in [0, 0.05) is 18.8 Å². The SMILES string of the molecule is CNC(=O)[C@@H](NC(=O)c1ccc(-c2ccc(-c3ccc(C(F)(F)F)cc3)cn2)o1)C1CCCCC1. The van der Waals surface area contributed by atoms with E-state index in [1.165, 1.54) is 24.4 Å². The van der Waals surface area contributed by atoms with Crippen molar-refractivity contribution in [1.29, 1.82) is 0 Å². The van der Waals surface area contributed by atoms with Crippen LogP contribution < -0.4 is 10.6 Å². The Morgan fingerprint density at radius 3 is 2.26 bits per heavy atom. The Labute approximate surface area is 200 Å². The number of hydrogen-bond acceptors (Lipinski definition) is 4. The van der Waals surface area contributed by atoms with E-state index < -0.39 is 23.7 Å². The number of benzene rings is 1. The molecule has 1 aromatic carbocycles. The van der Waals surface area contributed by atoms with E-state index in [-0.39, 0.29) is 17.6 Å². The summed E-state index contributed by atoms with van der Waals surface area (Å²) in [5.74, 6) is -0.183. The zero-order valence-electron chi connectivity index (χ0n) is 19.2. The Morgan fingerprint density at radius 2 is 1.66 bits per heavy atom. The van der Waals surface area contributed by atoms with Gasteiger partial charge in [0.1, 0.15) is 11.7 Å². The summed E-state index contributed by atoms with van der Waals surface area (Å²) in [6, 6.07) is 10.7. The first-order valence-electron chi connectivity index (χ1n) is 11.5.